The van der Waals surface area contributed by atoms with E-state index in [0.717, 1.165) is 21.6 Å². The maximum absolute atomic E-state index is 12.1. The standard InChI is InChI=1S/C14H14BrN3O2/c1-9-13(15)18-8-12(19)17(14(18)16-9)7-10-3-5-11(20-2)6-4-10/h3-6H,7-8H2,1-2H3. The highest BCUT2D eigenvalue weighted by Crippen LogP contribution is 2.30. The van der Waals surface area contributed by atoms with E-state index in [1.165, 1.54) is 0 Å². The molecule has 0 saturated carbocycles. The van der Waals surface area contributed by atoms with Crippen LogP contribution >= 0.6 is 15.9 Å². The summed E-state index contributed by atoms with van der Waals surface area (Å²) in [5.41, 5.74) is 1.94. The van der Waals surface area contributed by atoms with Crippen LogP contribution in [-0.4, -0.2) is 22.6 Å². The molecule has 6 heteroatoms. The summed E-state index contributed by atoms with van der Waals surface area (Å²) in [7, 11) is 1.64. The number of anilines is 1. The van der Waals surface area contributed by atoms with Gasteiger partial charge in [0.25, 0.3) is 0 Å². The summed E-state index contributed by atoms with van der Waals surface area (Å²) >= 11 is 3.47. The van der Waals surface area contributed by atoms with Crippen molar-refractivity contribution >= 4 is 27.8 Å². The van der Waals surface area contributed by atoms with Gasteiger partial charge in [0.15, 0.2) is 0 Å². The van der Waals surface area contributed by atoms with Gasteiger partial charge in [0, 0.05) is 0 Å². The Balaban J connectivity index is 1.87. The average molecular weight is 336 g/mol. The first kappa shape index (κ1) is 13.2. The Morgan fingerprint density at radius 3 is 2.70 bits per heavy atom. The molecule has 20 heavy (non-hydrogen) atoms. The zero-order chi connectivity index (χ0) is 14.3. The third-order valence-corrected chi connectivity index (χ3v) is 4.38. The van der Waals surface area contributed by atoms with Gasteiger partial charge in [-0.1, -0.05) is 12.1 Å². The van der Waals surface area contributed by atoms with E-state index in [9.17, 15) is 4.79 Å². The van der Waals surface area contributed by atoms with Gasteiger partial charge < -0.3 is 4.74 Å². The van der Waals surface area contributed by atoms with Gasteiger partial charge in [0.2, 0.25) is 11.9 Å². The number of carbonyl (C=O) groups is 1. The normalized spacial score (nSPS) is 13.8. The SMILES string of the molecule is COc1ccc(CN2C(=O)Cn3c2nc(C)c3Br)cc1. The van der Waals surface area contributed by atoms with Crippen LogP contribution < -0.4 is 9.64 Å². The molecule has 0 atom stereocenters. The first-order chi connectivity index (χ1) is 9.60. The Morgan fingerprint density at radius 1 is 1.35 bits per heavy atom. The zero-order valence-corrected chi connectivity index (χ0v) is 12.8. The Morgan fingerprint density at radius 2 is 2.05 bits per heavy atom. The third-order valence-electron chi connectivity index (χ3n) is 3.38. The predicted molar refractivity (Wildman–Crippen MR) is 78.8 cm³/mol. The Kier molecular flexibility index (Phi) is 3.25. The van der Waals surface area contributed by atoms with Crippen LogP contribution in [0, 0.1) is 6.92 Å². The molecule has 0 spiro atoms. The maximum Gasteiger partial charge on any atom is 0.249 e. The molecule has 0 saturated heterocycles. The molecule has 0 radical (unpaired) electrons. The summed E-state index contributed by atoms with van der Waals surface area (Å²) in [6, 6.07) is 7.70. The van der Waals surface area contributed by atoms with Crippen LogP contribution in [0.15, 0.2) is 28.9 Å². The van der Waals surface area contributed by atoms with Gasteiger partial charge in [-0.2, -0.15) is 0 Å². The highest BCUT2D eigenvalue weighted by atomic mass is 79.9. The molecule has 1 aromatic heterocycles. The lowest BCUT2D eigenvalue weighted by Crippen LogP contribution is -2.26. The Bertz CT molecular complexity index is 664. The number of nitrogens with zero attached hydrogens (tertiary/aromatic N) is 3. The molecule has 5 nitrogen and oxygen atoms in total. The number of benzene rings is 1. The number of halogens is 1. The van der Waals surface area contributed by atoms with Crippen LogP contribution in [0.25, 0.3) is 0 Å². The Hall–Kier alpha value is -1.82. The van der Waals surface area contributed by atoms with Gasteiger partial charge in [-0.25, -0.2) is 4.98 Å². The molecule has 3 rings (SSSR count). The number of fused-ring (bicyclic) bond motifs is 1. The molecule has 1 aliphatic heterocycles. The smallest absolute Gasteiger partial charge is 0.249 e. The highest BCUT2D eigenvalue weighted by molar-refractivity contribution is 9.10. The van der Waals surface area contributed by atoms with E-state index in [-0.39, 0.29) is 5.91 Å². The number of amides is 1. The molecular weight excluding hydrogens is 322 g/mol. The van der Waals surface area contributed by atoms with Gasteiger partial charge in [-0.15, -0.1) is 0 Å². The highest BCUT2D eigenvalue weighted by Gasteiger charge is 2.31. The van der Waals surface area contributed by atoms with Crippen molar-refractivity contribution in [2.24, 2.45) is 0 Å². The summed E-state index contributed by atoms with van der Waals surface area (Å²) in [6.45, 7) is 2.78. The maximum atomic E-state index is 12.1. The first-order valence-corrected chi connectivity index (χ1v) is 7.05. The molecule has 2 heterocycles. The second kappa shape index (κ2) is 4.94. The van der Waals surface area contributed by atoms with E-state index in [4.69, 9.17) is 4.74 Å². The third kappa shape index (κ3) is 2.10. The number of hydrogen-bond donors (Lipinski definition) is 0. The van der Waals surface area contributed by atoms with Gasteiger partial charge in [-0.05, 0) is 40.5 Å². The molecule has 0 fully saturated rings. The minimum atomic E-state index is 0.0593. The van der Waals surface area contributed by atoms with E-state index in [1.807, 2.05) is 35.8 Å². The number of imidazole rings is 1. The molecular formula is C14H14BrN3O2. The van der Waals surface area contributed by atoms with E-state index in [0.29, 0.717) is 19.0 Å². The zero-order valence-electron chi connectivity index (χ0n) is 11.3. The Labute approximate surface area is 125 Å². The van der Waals surface area contributed by atoms with Crippen molar-refractivity contribution in [3.8, 4) is 5.75 Å². The summed E-state index contributed by atoms with van der Waals surface area (Å²) in [5, 5.41) is 0. The lowest BCUT2D eigenvalue weighted by Gasteiger charge is -2.14. The van der Waals surface area contributed by atoms with Crippen LogP contribution in [0.2, 0.25) is 0 Å². The lowest BCUT2D eigenvalue weighted by atomic mass is 10.2. The van der Waals surface area contributed by atoms with Gasteiger partial charge in [-0.3, -0.25) is 14.3 Å². The van der Waals surface area contributed by atoms with Gasteiger partial charge >= 0.3 is 0 Å². The van der Waals surface area contributed by atoms with Crippen molar-refractivity contribution in [2.45, 2.75) is 20.0 Å². The van der Waals surface area contributed by atoms with Crippen molar-refractivity contribution in [2.75, 3.05) is 12.0 Å². The molecule has 1 aliphatic rings. The summed E-state index contributed by atoms with van der Waals surface area (Å²) in [5.74, 6) is 1.57. The summed E-state index contributed by atoms with van der Waals surface area (Å²) in [6.07, 6.45) is 0. The number of rotatable bonds is 3. The van der Waals surface area contributed by atoms with Crippen molar-refractivity contribution in [1.82, 2.24) is 9.55 Å². The number of ether oxygens (including phenoxy) is 1. The fourth-order valence-electron chi connectivity index (χ4n) is 2.29. The second-order valence-electron chi connectivity index (χ2n) is 4.70. The molecule has 0 unspecified atom stereocenters. The number of aromatic nitrogens is 2. The van der Waals surface area contributed by atoms with Crippen molar-refractivity contribution < 1.29 is 9.53 Å². The van der Waals surface area contributed by atoms with E-state index in [2.05, 4.69) is 20.9 Å². The fourth-order valence-corrected chi connectivity index (χ4v) is 2.66. The van der Waals surface area contributed by atoms with Crippen LogP contribution in [0.4, 0.5) is 5.95 Å². The van der Waals surface area contributed by atoms with Gasteiger partial charge in [0.1, 0.15) is 16.9 Å². The molecule has 0 bridgehead atoms. The minimum Gasteiger partial charge on any atom is -0.497 e. The van der Waals surface area contributed by atoms with Crippen molar-refractivity contribution in [3.05, 3.63) is 40.1 Å². The topological polar surface area (TPSA) is 47.4 Å². The predicted octanol–water partition coefficient (Wildman–Crippen LogP) is 2.51. The van der Waals surface area contributed by atoms with Crippen molar-refractivity contribution in [3.63, 3.8) is 0 Å². The summed E-state index contributed by atoms with van der Waals surface area (Å²) in [4.78, 5) is 18.3. The summed E-state index contributed by atoms with van der Waals surface area (Å²) < 4.78 is 7.90. The van der Waals surface area contributed by atoms with Crippen LogP contribution in [0.5, 0.6) is 5.75 Å². The largest absolute Gasteiger partial charge is 0.497 e. The molecule has 0 N–H and O–H groups in total. The minimum absolute atomic E-state index is 0.0593. The molecule has 1 aromatic carbocycles. The van der Waals surface area contributed by atoms with Crippen LogP contribution in [-0.2, 0) is 17.9 Å². The van der Waals surface area contributed by atoms with E-state index < -0.39 is 0 Å². The van der Waals surface area contributed by atoms with Gasteiger partial charge in [0.05, 0.1) is 19.3 Å². The fraction of sp³-hybridized carbons (Fsp3) is 0.286. The molecule has 2 aromatic rings. The molecule has 1 amide bonds. The molecule has 104 valence electrons. The second-order valence-corrected chi connectivity index (χ2v) is 5.45. The number of carbonyl (C=O) groups excluding carboxylic acids is 1. The van der Waals surface area contributed by atoms with Crippen LogP contribution in [0.3, 0.4) is 0 Å². The van der Waals surface area contributed by atoms with Crippen molar-refractivity contribution in [1.29, 1.82) is 0 Å². The first-order valence-electron chi connectivity index (χ1n) is 6.26. The number of methoxy groups -OCH3 is 1. The average Bonchev–Trinajstić information content (AvgIpc) is 2.90. The monoisotopic (exact) mass is 335 g/mol. The lowest BCUT2D eigenvalue weighted by molar-refractivity contribution is -0.118. The quantitative estimate of drug-likeness (QED) is 0.865. The number of hydrogen-bond acceptors (Lipinski definition) is 3. The molecule has 0 aliphatic carbocycles. The van der Waals surface area contributed by atoms with Crippen LogP contribution in [0.1, 0.15) is 11.3 Å². The van der Waals surface area contributed by atoms with E-state index in [1.54, 1.807) is 12.0 Å². The van der Waals surface area contributed by atoms with E-state index >= 15 is 0 Å². The number of aryl methyl sites for hydroxylation is 1.